The van der Waals surface area contributed by atoms with Gasteiger partial charge in [0.05, 0.1) is 11.9 Å². The third-order valence-corrected chi connectivity index (χ3v) is 5.07. The van der Waals surface area contributed by atoms with Gasteiger partial charge in [-0.1, -0.05) is 13.8 Å². The number of pyridine rings is 1. The molecule has 4 rings (SSSR count). The summed E-state index contributed by atoms with van der Waals surface area (Å²) >= 11 is 0. The molecule has 128 valence electrons. The molecule has 0 spiro atoms. The predicted molar refractivity (Wildman–Crippen MR) is 101 cm³/mol. The van der Waals surface area contributed by atoms with Gasteiger partial charge in [0.25, 0.3) is 0 Å². The molecule has 5 nitrogen and oxygen atoms in total. The van der Waals surface area contributed by atoms with Crippen molar-refractivity contribution in [3.05, 3.63) is 47.4 Å². The van der Waals surface area contributed by atoms with Gasteiger partial charge >= 0.3 is 0 Å². The molecule has 0 unspecified atom stereocenters. The van der Waals surface area contributed by atoms with E-state index in [-0.39, 0.29) is 11.2 Å². The molecule has 1 aromatic carbocycles. The normalized spacial score (nSPS) is 16.2. The number of carbonyl (C=O) groups excluding carboxylic acids is 1. The number of hydrogen-bond acceptors (Lipinski definition) is 4. The number of aryl methyl sites for hydroxylation is 1. The maximum absolute atomic E-state index is 12.6. The van der Waals surface area contributed by atoms with Gasteiger partial charge in [-0.05, 0) is 42.5 Å². The fourth-order valence-electron chi connectivity index (χ4n) is 3.93. The fourth-order valence-corrected chi connectivity index (χ4v) is 3.93. The van der Waals surface area contributed by atoms with Crippen LogP contribution >= 0.6 is 0 Å². The smallest absolute Gasteiger partial charge is 0.165 e. The highest BCUT2D eigenvalue weighted by Crippen LogP contribution is 2.38. The van der Waals surface area contributed by atoms with Crippen LogP contribution in [-0.4, -0.2) is 15.3 Å². The van der Waals surface area contributed by atoms with E-state index in [2.05, 4.69) is 23.4 Å². The van der Waals surface area contributed by atoms with E-state index in [1.807, 2.05) is 31.3 Å². The van der Waals surface area contributed by atoms with Crippen molar-refractivity contribution in [1.82, 2.24) is 9.55 Å². The molecule has 0 fully saturated rings. The van der Waals surface area contributed by atoms with E-state index in [1.165, 1.54) is 0 Å². The first-order valence-electron chi connectivity index (χ1n) is 8.45. The number of benzene rings is 1. The fraction of sp³-hybridized carbons (Fsp3) is 0.300. The number of carbonyl (C=O) groups is 1. The first-order valence-corrected chi connectivity index (χ1v) is 8.45. The number of anilines is 2. The molecule has 25 heavy (non-hydrogen) atoms. The summed E-state index contributed by atoms with van der Waals surface area (Å²) in [7, 11) is 0. The molecule has 2 aromatic heterocycles. The number of ketones is 1. The highest BCUT2D eigenvalue weighted by atomic mass is 16.1. The first kappa shape index (κ1) is 15.7. The second kappa shape index (κ2) is 5.09. The summed E-state index contributed by atoms with van der Waals surface area (Å²) in [4.78, 5) is 16.7. The summed E-state index contributed by atoms with van der Waals surface area (Å²) in [5.41, 5.74) is 16.6. The monoisotopic (exact) mass is 334 g/mol. The maximum Gasteiger partial charge on any atom is 0.165 e. The zero-order valence-corrected chi connectivity index (χ0v) is 14.8. The average molecular weight is 334 g/mol. The van der Waals surface area contributed by atoms with Gasteiger partial charge in [0.2, 0.25) is 0 Å². The number of rotatable bonds is 1. The van der Waals surface area contributed by atoms with E-state index in [4.69, 9.17) is 11.5 Å². The highest BCUT2D eigenvalue weighted by Gasteiger charge is 2.34. The molecule has 0 atom stereocenters. The molecule has 0 saturated heterocycles. The van der Waals surface area contributed by atoms with Crippen molar-refractivity contribution in [2.75, 3.05) is 11.5 Å². The summed E-state index contributed by atoms with van der Waals surface area (Å²) in [6, 6.07) is 5.97. The molecule has 0 amide bonds. The quantitative estimate of drug-likeness (QED) is 0.711. The molecule has 1 aliphatic rings. The van der Waals surface area contributed by atoms with Crippen LogP contribution in [0.5, 0.6) is 0 Å². The van der Waals surface area contributed by atoms with Crippen LogP contribution in [0.15, 0.2) is 30.6 Å². The van der Waals surface area contributed by atoms with Crippen LogP contribution in [0.4, 0.5) is 11.5 Å². The van der Waals surface area contributed by atoms with Crippen molar-refractivity contribution in [3.8, 4) is 5.69 Å². The van der Waals surface area contributed by atoms with Gasteiger partial charge in [0.15, 0.2) is 5.78 Å². The molecule has 1 aliphatic carbocycles. The molecule has 0 radical (unpaired) electrons. The molecule has 4 N–H and O–H groups in total. The number of nitrogens with two attached hydrogens (primary N) is 2. The van der Waals surface area contributed by atoms with Crippen molar-refractivity contribution < 1.29 is 4.79 Å². The van der Waals surface area contributed by atoms with Gasteiger partial charge in [-0.15, -0.1) is 0 Å². The van der Waals surface area contributed by atoms with Crippen molar-refractivity contribution >= 4 is 28.1 Å². The molecule has 2 heterocycles. The van der Waals surface area contributed by atoms with Gasteiger partial charge in [-0.2, -0.15) is 0 Å². The molecule has 0 aliphatic heterocycles. The van der Waals surface area contributed by atoms with E-state index in [9.17, 15) is 4.79 Å². The third kappa shape index (κ3) is 2.38. The minimum Gasteiger partial charge on any atom is -0.397 e. The van der Waals surface area contributed by atoms with E-state index in [0.29, 0.717) is 17.9 Å². The summed E-state index contributed by atoms with van der Waals surface area (Å²) in [6.45, 7) is 6.29. The minimum absolute atomic E-state index is 0.0309. The predicted octanol–water partition coefficient (Wildman–Crippen LogP) is 3.65. The second-order valence-electron chi connectivity index (χ2n) is 7.77. The largest absolute Gasteiger partial charge is 0.397 e. The van der Waals surface area contributed by atoms with Crippen LogP contribution in [0.25, 0.3) is 16.5 Å². The Balaban J connectivity index is 1.95. The van der Waals surface area contributed by atoms with Crippen LogP contribution < -0.4 is 11.5 Å². The Kier molecular flexibility index (Phi) is 3.19. The van der Waals surface area contributed by atoms with Crippen LogP contribution in [0.2, 0.25) is 0 Å². The van der Waals surface area contributed by atoms with Gasteiger partial charge in [-0.25, -0.2) is 4.98 Å². The molecule has 5 heteroatoms. The first-order chi connectivity index (χ1) is 11.8. The standard InChI is InChI=1S/C20H22N4O/c1-11-10-24(16-7-20(2,3)8-17(25)18(11)16)12-4-5-13-14(6-12)15(21)9-23-19(13)22/h4-6,9-10H,7-8,21H2,1-3H3,(H2,22,23). The molecule has 3 aromatic rings. The maximum atomic E-state index is 12.6. The Hall–Kier alpha value is -2.82. The summed E-state index contributed by atoms with van der Waals surface area (Å²) < 4.78 is 2.12. The SMILES string of the molecule is Cc1cn(-c2ccc3c(N)ncc(N)c3c2)c2c1C(=O)CC(C)(C)C2. The second-order valence-corrected chi connectivity index (χ2v) is 7.77. The van der Waals surface area contributed by atoms with Crippen LogP contribution in [0.3, 0.4) is 0 Å². The van der Waals surface area contributed by atoms with E-state index in [0.717, 1.165) is 39.7 Å². The molecule has 0 bridgehead atoms. The van der Waals surface area contributed by atoms with Crippen molar-refractivity contribution in [2.45, 2.75) is 33.6 Å². The zero-order valence-electron chi connectivity index (χ0n) is 14.8. The third-order valence-electron chi connectivity index (χ3n) is 5.07. The van der Waals surface area contributed by atoms with Crippen LogP contribution in [0.1, 0.15) is 41.9 Å². The number of hydrogen-bond donors (Lipinski definition) is 2. The van der Waals surface area contributed by atoms with E-state index in [1.54, 1.807) is 6.20 Å². The Morgan fingerprint density at radius 2 is 1.92 bits per heavy atom. The number of Topliss-reactive ketones (excluding diaryl/α,β-unsaturated/α-hetero) is 1. The van der Waals surface area contributed by atoms with Gasteiger partial charge < -0.3 is 16.0 Å². The molecule has 0 saturated carbocycles. The lowest BCUT2D eigenvalue weighted by Gasteiger charge is -2.30. The molecular weight excluding hydrogens is 312 g/mol. The van der Waals surface area contributed by atoms with Crippen LogP contribution in [-0.2, 0) is 6.42 Å². The van der Waals surface area contributed by atoms with Gasteiger partial charge in [-0.3, -0.25) is 4.79 Å². The lowest BCUT2D eigenvalue weighted by molar-refractivity contribution is 0.0910. The average Bonchev–Trinajstić information content (AvgIpc) is 2.86. The van der Waals surface area contributed by atoms with Crippen LogP contribution in [0, 0.1) is 12.3 Å². The number of nitrogen functional groups attached to an aromatic ring is 2. The van der Waals surface area contributed by atoms with E-state index >= 15 is 0 Å². The van der Waals surface area contributed by atoms with Crippen molar-refractivity contribution in [2.24, 2.45) is 5.41 Å². The van der Waals surface area contributed by atoms with Crippen molar-refractivity contribution in [3.63, 3.8) is 0 Å². The lowest BCUT2D eigenvalue weighted by atomic mass is 9.75. The number of nitrogens with zero attached hydrogens (tertiary/aromatic N) is 2. The van der Waals surface area contributed by atoms with E-state index < -0.39 is 0 Å². The Morgan fingerprint density at radius 1 is 1.16 bits per heavy atom. The Morgan fingerprint density at radius 3 is 2.68 bits per heavy atom. The van der Waals surface area contributed by atoms with Crippen molar-refractivity contribution in [1.29, 1.82) is 0 Å². The molecular formula is C20H22N4O. The summed E-state index contributed by atoms with van der Waals surface area (Å²) in [6.07, 6.45) is 5.10. The number of fused-ring (bicyclic) bond motifs is 2. The Bertz CT molecular complexity index is 1030. The Labute approximate surface area is 146 Å². The minimum atomic E-state index is -0.0309. The lowest BCUT2D eigenvalue weighted by Crippen LogP contribution is -2.28. The zero-order chi connectivity index (χ0) is 17.9. The topological polar surface area (TPSA) is 86.9 Å². The number of aromatic nitrogens is 2. The van der Waals surface area contributed by atoms with Gasteiger partial charge in [0.1, 0.15) is 5.82 Å². The highest BCUT2D eigenvalue weighted by molar-refractivity contribution is 6.01. The summed E-state index contributed by atoms with van der Waals surface area (Å²) in [5.74, 6) is 0.703. The summed E-state index contributed by atoms with van der Waals surface area (Å²) in [5, 5.41) is 1.73. The van der Waals surface area contributed by atoms with Gasteiger partial charge in [0, 0.05) is 40.3 Å².